The Labute approximate surface area is 123 Å². The van der Waals surface area contributed by atoms with E-state index in [0.717, 1.165) is 17.8 Å². The van der Waals surface area contributed by atoms with Crippen molar-refractivity contribution in [2.24, 2.45) is 4.99 Å². The molecule has 0 radical (unpaired) electrons. The molecule has 4 rings (SSSR count). The van der Waals surface area contributed by atoms with Crippen LogP contribution in [0.2, 0.25) is 5.15 Å². The zero-order valence-corrected chi connectivity index (χ0v) is 12.0. The monoisotopic (exact) mass is 285 g/mol. The van der Waals surface area contributed by atoms with Crippen molar-refractivity contribution in [2.45, 2.75) is 31.1 Å². The second kappa shape index (κ2) is 4.45. The minimum atomic E-state index is 0.249. The first-order valence-electron chi connectivity index (χ1n) is 7.12. The summed E-state index contributed by atoms with van der Waals surface area (Å²) >= 11 is 5.99. The van der Waals surface area contributed by atoms with E-state index < -0.39 is 0 Å². The summed E-state index contributed by atoms with van der Waals surface area (Å²) in [7, 11) is 0. The van der Waals surface area contributed by atoms with Crippen molar-refractivity contribution < 1.29 is 0 Å². The van der Waals surface area contributed by atoms with Gasteiger partial charge in [0.15, 0.2) is 0 Å². The van der Waals surface area contributed by atoms with Gasteiger partial charge in [-0.1, -0.05) is 24.4 Å². The third-order valence-corrected chi connectivity index (χ3v) is 4.81. The van der Waals surface area contributed by atoms with Gasteiger partial charge >= 0.3 is 0 Å². The number of rotatable bonds is 1. The van der Waals surface area contributed by atoms with Crippen LogP contribution in [0.3, 0.4) is 0 Å². The number of nitrogens with one attached hydrogen (secondary N) is 1. The van der Waals surface area contributed by atoms with E-state index in [0.29, 0.717) is 5.15 Å². The lowest BCUT2D eigenvalue weighted by Gasteiger charge is -2.29. The van der Waals surface area contributed by atoms with Crippen molar-refractivity contribution in [3.63, 3.8) is 0 Å². The summed E-state index contributed by atoms with van der Waals surface area (Å²) in [6.45, 7) is 0.928. The number of aliphatic imine (C=N–C) groups is 1. The van der Waals surface area contributed by atoms with E-state index in [9.17, 15) is 0 Å². The molecule has 1 saturated carbocycles. The van der Waals surface area contributed by atoms with Gasteiger partial charge in [0, 0.05) is 40.3 Å². The first-order chi connectivity index (χ1) is 9.77. The molecule has 2 aromatic rings. The summed E-state index contributed by atoms with van der Waals surface area (Å²) in [6, 6.07) is 6.07. The van der Waals surface area contributed by atoms with Crippen LogP contribution in [0.1, 0.15) is 36.9 Å². The molecule has 0 bridgehead atoms. The molecule has 1 fully saturated rings. The third kappa shape index (κ3) is 1.80. The molecule has 0 aromatic carbocycles. The van der Waals surface area contributed by atoms with Crippen LogP contribution in [0.15, 0.2) is 29.4 Å². The molecule has 0 saturated heterocycles. The van der Waals surface area contributed by atoms with E-state index in [4.69, 9.17) is 11.6 Å². The van der Waals surface area contributed by atoms with Crippen LogP contribution in [-0.4, -0.2) is 22.7 Å². The maximum atomic E-state index is 5.99. The number of pyridine rings is 1. The summed E-state index contributed by atoms with van der Waals surface area (Å²) in [5, 5.41) is 0.527. The quantitative estimate of drug-likeness (QED) is 0.791. The Hall–Kier alpha value is -1.61. The summed E-state index contributed by atoms with van der Waals surface area (Å²) in [4.78, 5) is 12.3. The van der Waals surface area contributed by atoms with Gasteiger partial charge in [-0.2, -0.15) is 0 Å². The lowest BCUT2D eigenvalue weighted by molar-refractivity contribution is 0.438. The Bertz CT molecular complexity index is 681. The van der Waals surface area contributed by atoms with E-state index in [2.05, 4.69) is 21.0 Å². The number of hydrogen-bond acceptors (Lipinski definition) is 2. The molecular weight excluding hydrogens is 270 g/mol. The minimum absolute atomic E-state index is 0.249. The van der Waals surface area contributed by atoms with Crippen molar-refractivity contribution >= 4 is 17.8 Å². The molecule has 2 aliphatic rings. The van der Waals surface area contributed by atoms with Gasteiger partial charge < -0.3 is 4.98 Å². The number of hydrogen-bond donors (Lipinski definition) is 1. The van der Waals surface area contributed by atoms with Crippen molar-refractivity contribution in [1.82, 2.24) is 9.97 Å². The molecule has 3 nitrogen and oxygen atoms in total. The van der Waals surface area contributed by atoms with Gasteiger partial charge in [0.2, 0.25) is 0 Å². The van der Waals surface area contributed by atoms with Crippen LogP contribution >= 0.6 is 11.6 Å². The van der Waals surface area contributed by atoms with Gasteiger partial charge in [0.25, 0.3) is 0 Å². The summed E-state index contributed by atoms with van der Waals surface area (Å²) in [6.07, 6.45) is 8.86. The maximum Gasteiger partial charge on any atom is 0.129 e. The number of H-pyrrole nitrogens is 1. The molecular formula is C16H16ClN3. The highest BCUT2D eigenvalue weighted by Gasteiger charge is 2.39. The smallest absolute Gasteiger partial charge is 0.129 e. The van der Waals surface area contributed by atoms with Crippen molar-refractivity contribution in [3.05, 3.63) is 40.8 Å². The van der Waals surface area contributed by atoms with E-state index in [1.54, 1.807) is 6.20 Å². The maximum absolute atomic E-state index is 5.99. The second-order valence-corrected chi connectivity index (χ2v) is 6.23. The number of fused-ring (bicyclic) bond motifs is 2. The van der Waals surface area contributed by atoms with Crippen LogP contribution in [0, 0.1) is 0 Å². The molecule has 1 N–H and O–H groups in total. The summed E-state index contributed by atoms with van der Waals surface area (Å²) in [5.41, 5.74) is 5.05. The molecule has 0 amide bonds. The van der Waals surface area contributed by atoms with Crippen LogP contribution in [0.25, 0.3) is 11.3 Å². The highest BCUT2D eigenvalue weighted by atomic mass is 35.5. The Morgan fingerprint density at radius 1 is 1.20 bits per heavy atom. The Balaban J connectivity index is 1.82. The predicted molar refractivity (Wildman–Crippen MR) is 81.6 cm³/mol. The molecule has 102 valence electrons. The second-order valence-electron chi connectivity index (χ2n) is 5.84. The standard InChI is InChI=1S/C16H16ClN3/c17-14-8-11(3-6-19-14)13-7-12-9-18-10-16(15(12)20-13)4-1-2-5-16/h3,6-9,20H,1-2,4-5,10H2. The van der Waals surface area contributed by atoms with Gasteiger partial charge in [-0.25, -0.2) is 4.98 Å². The fourth-order valence-electron chi connectivity index (χ4n) is 3.59. The van der Waals surface area contributed by atoms with E-state index >= 15 is 0 Å². The molecule has 1 aliphatic heterocycles. The number of aromatic amines is 1. The van der Waals surface area contributed by atoms with Crippen molar-refractivity contribution in [3.8, 4) is 11.3 Å². The molecule has 0 unspecified atom stereocenters. The van der Waals surface area contributed by atoms with Crippen LogP contribution < -0.4 is 0 Å². The van der Waals surface area contributed by atoms with Gasteiger partial charge in [-0.15, -0.1) is 0 Å². The van der Waals surface area contributed by atoms with Crippen LogP contribution in [0.4, 0.5) is 0 Å². The topological polar surface area (TPSA) is 41.0 Å². The fourth-order valence-corrected chi connectivity index (χ4v) is 3.77. The average molecular weight is 286 g/mol. The van der Waals surface area contributed by atoms with E-state index in [-0.39, 0.29) is 5.41 Å². The Morgan fingerprint density at radius 3 is 2.85 bits per heavy atom. The summed E-state index contributed by atoms with van der Waals surface area (Å²) in [5.74, 6) is 0. The van der Waals surface area contributed by atoms with Gasteiger partial charge in [-0.05, 0) is 31.0 Å². The normalized spacial score (nSPS) is 19.4. The molecule has 4 heteroatoms. The molecule has 20 heavy (non-hydrogen) atoms. The molecule has 1 spiro atoms. The Kier molecular flexibility index (Phi) is 2.71. The molecule has 0 atom stereocenters. The third-order valence-electron chi connectivity index (χ3n) is 4.60. The van der Waals surface area contributed by atoms with E-state index in [1.165, 1.54) is 36.9 Å². The van der Waals surface area contributed by atoms with Crippen molar-refractivity contribution in [1.29, 1.82) is 0 Å². The van der Waals surface area contributed by atoms with Crippen LogP contribution in [-0.2, 0) is 5.41 Å². The lowest BCUT2D eigenvalue weighted by atomic mass is 9.80. The lowest BCUT2D eigenvalue weighted by Crippen LogP contribution is -2.30. The highest BCUT2D eigenvalue weighted by molar-refractivity contribution is 6.29. The first kappa shape index (κ1) is 12.2. The van der Waals surface area contributed by atoms with Gasteiger partial charge in [0.1, 0.15) is 5.15 Å². The zero-order chi connectivity index (χ0) is 13.6. The molecule has 3 heterocycles. The van der Waals surface area contributed by atoms with Gasteiger partial charge in [0.05, 0.1) is 6.54 Å². The van der Waals surface area contributed by atoms with Crippen molar-refractivity contribution in [2.75, 3.05) is 6.54 Å². The Morgan fingerprint density at radius 2 is 2.05 bits per heavy atom. The number of halogens is 1. The number of nitrogens with zero attached hydrogens (tertiary/aromatic N) is 2. The van der Waals surface area contributed by atoms with Crippen LogP contribution in [0.5, 0.6) is 0 Å². The largest absolute Gasteiger partial charge is 0.357 e. The fraction of sp³-hybridized carbons (Fsp3) is 0.375. The first-order valence-corrected chi connectivity index (χ1v) is 7.50. The SMILES string of the molecule is Clc1cc(-c2cc3c([nH]2)C2(CCCC2)CN=C3)ccn1. The van der Waals surface area contributed by atoms with Gasteiger partial charge in [-0.3, -0.25) is 4.99 Å². The highest BCUT2D eigenvalue weighted by Crippen LogP contribution is 2.44. The van der Waals surface area contributed by atoms with E-state index in [1.807, 2.05) is 18.3 Å². The predicted octanol–water partition coefficient (Wildman–Crippen LogP) is 3.97. The molecule has 2 aromatic heterocycles. The number of aromatic nitrogens is 2. The average Bonchev–Trinajstić information content (AvgIpc) is 3.07. The molecule has 1 aliphatic carbocycles. The minimum Gasteiger partial charge on any atom is -0.357 e. The summed E-state index contributed by atoms with van der Waals surface area (Å²) < 4.78 is 0. The zero-order valence-electron chi connectivity index (χ0n) is 11.2.